The Hall–Kier alpha value is -3.19. The molecule has 0 spiro atoms. The minimum Gasteiger partial charge on any atom is -0.493 e. The first-order chi connectivity index (χ1) is 14.5. The van der Waals surface area contributed by atoms with Gasteiger partial charge in [0.2, 0.25) is 5.82 Å². The summed E-state index contributed by atoms with van der Waals surface area (Å²) in [5.74, 6) is 3.61. The number of nitrogens with zero attached hydrogens (tertiary/aromatic N) is 1. The second-order valence-corrected chi connectivity index (χ2v) is 6.93. The second-order valence-electron chi connectivity index (χ2n) is 6.93. The van der Waals surface area contributed by atoms with Crippen molar-refractivity contribution in [2.45, 2.75) is 19.8 Å². The molecule has 0 unspecified atom stereocenters. The monoisotopic (exact) mass is 412 g/mol. The van der Waals surface area contributed by atoms with Crippen molar-refractivity contribution in [3.05, 3.63) is 41.5 Å². The minimum atomic E-state index is 0.631. The largest absolute Gasteiger partial charge is 0.493 e. The molecule has 3 aromatic rings. The first-order valence-corrected chi connectivity index (χ1v) is 9.93. The zero-order valence-electron chi connectivity index (χ0n) is 18.2. The van der Waals surface area contributed by atoms with Crippen LogP contribution in [-0.4, -0.2) is 40.0 Å². The molecule has 160 valence electrons. The summed E-state index contributed by atoms with van der Waals surface area (Å²) in [6.45, 7) is 2.97. The summed E-state index contributed by atoms with van der Waals surface area (Å²) in [5, 5.41) is 2.95. The van der Waals surface area contributed by atoms with E-state index in [1.807, 2.05) is 18.2 Å². The van der Waals surface area contributed by atoms with Crippen LogP contribution in [0.4, 0.5) is 11.5 Å². The standard InChI is InChI=1S/C23H29N3O4/c1-6-14-9-19(27-2)20(28-3)10-15(14)7-8-25-23-12-17(24)16-11-21(29-4)22(30-5)13-18(16)26-23/h9-13H,6-8H2,1-5H3,(H3,24,25,26)/p+1. The molecule has 0 amide bonds. The summed E-state index contributed by atoms with van der Waals surface area (Å²) in [6, 6.07) is 9.72. The summed E-state index contributed by atoms with van der Waals surface area (Å²) in [4.78, 5) is 4.74. The number of rotatable bonds is 9. The van der Waals surface area contributed by atoms with Crippen molar-refractivity contribution in [1.82, 2.24) is 4.98 Å². The van der Waals surface area contributed by atoms with Crippen LogP contribution in [0.1, 0.15) is 18.1 Å². The van der Waals surface area contributed by atoms with E-state index in [0.717, 1.165) is 47.6 Å². The maximum absolute atomic E-state index is 6.28. The lowest BCUT2D eigenvalue weighted by molar-refractivity contribution is -0.574. The lowest BCUT2D eigenvalue weighted by atomic mass is 10.0. The maximum Gasteiger partial charge on any atom is 0.226 e. The van der Waals surface area contributed by atoms with Crippen molar-refractivity contribution in [2.75, 3.05) is 40.7 Å². The zero-order valence-corrected chi connectivity index (χ0v) is 18.2. The summed E-state index contributed by atoms with van der Waals surface area (Å²) in [6.07, 6.45) is 1.80. The van der Waals surface area contributed by atoms with E-state index >= 15 is 0 Å². The smallest absolute Gasteiger partial charge is 0.226 e. The van der Waals surface area contributed by atoms with Gasteiger partial charge in [0.05, 0.1) is 40.5 Å². The number of quaternary nitrogens is 1. The van der Waals surface area contributed by atoms with Gasteiger partial charge < -0.3 is 24.7 Å². The average Bonchev–Trinajstić information content (AvgIpc) is 2.77. The van der Waals surface area contributed by atoms with Gasteiger partial charge >= 0.3 is 0 Å². The van der Waals surface area contributed by atoms with E-state index in [9.17, 15) is 0 Å². The van der Waals surface area contributed by atoms with E-state index < -0.39 is 0 Å². The van der Waals surface area contributed by atoms with Crippen molar-refractivity contribution < 1.29 is 24.3 Å². The van der Waals surface area contributed by atoms with Gasteiger partial charge in [0.15, 0.2) is 23.0 Å². The normalized spacial score (nSPS) is 10.8. The summed E-state index contributed by atoms with van der Waals surface area (Å²) in [7, 11) is 6.53. The molecule has 0 radical (unpaired) electrons. The van der Waals surface area contributed by atoms with Gasteiger partial charge in [-0.1, -0.05) is 6.92 Å². The Balaban J connectivity index is 1.81. The number of aromatic nitrogens is 1. The van der Waals surface area contributed by atoms with E-state index in [0.29, 0.717) is 17.2 Å². The van der Waals surface area contributed by atoms with Crippen LogP contribution in [0.3, 0.4) is 0 Å². The van der Waals surface area contributed by atoms with E-state index in [2.05, 4.69) is 24.4 Å². The fourth-order valence-electron chi connectivity index (χ4n) is 3.61. The molecule has 0 aliphatic carbocycles. The predicted molar refractivity (Wildman–Crippen MR) is 118 cm³/mol. The highest BCUT2D eigenvalue weighted by Gasteiger charge is 2.14. The number of anilines is 1. The highest BCUT2D eigenvalue weighted by Crippen LogP contribution is 2.34. The van der Waals surface area contributed by atoms with Crippen LogP contribution in [0.15, 0.2) is 30.3 Å². The van der Waals surface area contributed by atoms with E-state index in [4.69, 9.17) is 29.7 Å². The number of ether oxygens (including phenoxy) is 4. The molecule has 3 rings (SSSR count). The Bertz CT molecular complexity index is 1040. The molecule has 7 nitrogen and oxygen atoms in total. The average molecular weight is 413 g/mol. The molecule has 0 bridgehead atoms. The maximum atomic E-state index is 6.28. The quantitative estimate of drug-likeness (QED) is 0.561. The van der Waals surface area contributed by atoms with E-state index in [1.54, 1.807) is 28.4 Å². The molecule has 0 fully saturated rings. The van der Waals surface area contributed by atoms with E-state index in [-0.39, 0.29) is 0 Å². The molecule has 0 atom stereocenters. The van der Waals surface area contributed by atoms with Crippen molar-refractivity contribution in [1.29, 1.82) is 0 Å². The molecule has 30 heavy (non-hydrogen) atoms. The molecular weight excluding hydrogens is 382 g/mol. The van der Waals surface area contributed by atoms with Crippen molar-refractivity contribution in [3.63, 3.8) is 0 Å². The third-order valence-corrected chi connectivity index (χ3v) is 5.22. The Kier molecular flexibility index (Phi) is 6.84. The number of fused-ring (bicyclic) bond motifs is 1. The molecule has 2 aromatic carbocycles. The number of pyridine rings is 1. The SMILES string of the molecule is CCc1cc(OC)c(OC)cc1CC[NH2+]c1cc(N)c2cc(OC)c(OC)cc2n1. The molecule has 0 saturated carbocycles. The highest BCUT2D eigenvalue weighted by molar-refractivity contribution is 5.93. The number of nitrogens with two attached hydrogens (primary N) is 2. The number of methoxy groups -OCH3 is 4. The van der Waals surface area contributed by atoms with Crippen LogP contribution in [-0.2, 0) is 12.8 Å². The lowest BCUT2D eigenvalue weighted by Crippen LogP contribution is -2.79. The van der Waals surface area contributed by atoms with Gasteiger partial charge in [-0.15, -0.1) is 0 Å². The number of benzene rings is 2. The van der Waals surface area contributed by atoms with Gasteiger partial charge in [0, 0.05) is 29.6 Å². The highest BCUT2D eigenvalue weighted by atomic mass is 16.5. The molecule has 1 aromatic heterocycles. The van der Waals surface area contributed by atoms with Crippen molar-refractivity contribution in [2.24, 2.45) is 0 Å². The third kappa shape index (κ3) is 4.36. The van der Waals surface area contributed by atoms with Gasteiger partial charge in [0.25, 0.3) is 0 Å². The first kappa shape index (κ1) is 21.5. The number of hydrogen-bond acceptors (Lipinski definition) is 6. The first-order valence-electron chi connectivity index (χ1n) is 9.93. The van der Waals surface area contributed by atoms with Gasteiger partial charge in [0.1, 0.15) is 0 Å². The Morgan fingerprint density at radius 1 is 0.800 bits per heavy atom. The van der Waals surface area contributed by atoms with Crippen LogP contribution in [0.2, 0.25) is 0 Å². The fourth-order valence-corrected chi connectivity index (χ4v) is 3.61. The fraction of sp³-hybridized carbons (Fsp3) is 0.348. The molecule has 4 N–H and O–H groups in total. The molecule has 0 aliphatic heterocycles. The minimum absolute atomic E-state index is 0.631. The third-order valence-electron chi connectivity index (χ3n) is 5.22. The topological polar surface area (TPSA) is 92.4 Å². The van der Waals surface area contributed by atoms with Crippen molar-refractivity contribution in [3.8, 4) is 23.0 Å². The Labute approximate surface area is 177 Å². The molecule has 0 saturated heterocycles. The number of nitrogen functional groups attached to an aromatic ring is 1. The number of hydrogen-bond donors (Lipinski definition) is 2. The van der Waals surface area contributed by atoms with Gasteiger partial charge in [-0.05, 0) is 35.7 Å². The molecule has 1 heterocycles. The summed E-state index contributed by atoms with van der Waals surface area (Å²) < 4.78 is 21.6. The van der Waals surface area contributed by atoms with Crippen molar-refractivity contribution >= 4 is 22.4 Å². The van der Waals surface area contributed by atoms with Gasteiger partial charge in [-0.25, -0.2) is 0 Å². The lowest BCUT2D eigenvalue weighted by Gasteiger charge is -2.14. The molecule has 7 heteroatoms. The van der Waals surface area contributed by atoms with Gasteiger partial charge in [-0.3, -0.25) is 5.32 Å². The van der Waals surface area contributed by atoms with Crippen LogP contribution >= 0.6 is 0 Å². The van der Waals surface area contributed by atoms with Crippen LogP contribution in [0.25, 0.3) is 10.9 Å². The number of aryl methyl sites for hydroxylation is 1. The Morgan fingerprint density at radius 2 is 1.37 bits per heavy atom. The Morgan fingerprint density at radius 3 is 1.97 bits per heavy atom. The van der Waals surface area contributed by atoms with Crippen LogP contribution in [0.5, 0.6) is 23.0 Å². The predicted octanol–water partition coefficient (Wildman–Crippen LogP) is 2.85. The zero-order chi connectivity index (χ0) is 21.7. The van der Waals surface area contributed by atoms with Crippen LogP contribution < -0.4 is 30.0 Å². The van der Waals surface area contributed by atoms with Gasteiger partial charge in [-0.2, -0.15) is 4.98 Å². The summed E-state index contributed by atoms with van der Waals surface area (Å²) in [5.41, 5.74) is 10.2. The van der Waals surface area contributed by atoms with Crippen LogP contribution in [0, 0.1) is 0 Å². The molecular formula is C23H30N3O4+. The van der Waals surface area contributed by atoms with E-state index in [1.165, 1.54) is 11.1 Å². The molecule has 0 aliphatic rings. The second kappa shape index (κ2) is 9.54. The summed E-state index contributed by atoms with van der Waals surface area (Å²) >= 11 is 0.